The van der Waals surface area contributed by atoms with Crippen LogP contribution < -0.4 is 10.6 Å². The van der Waals surface area contributed by atoms with Crippen LogP contribution in [0.2, 0.25) is 0 Å². The molecule has 0 spiro atoms. The molecule has 3 rings (SSSR count). The molecule has 1 aromatic heterocycles. The number of nitriles is 1. The molecule has 8 nitrogen and oxygen atoms in total. The van der Waals surface area contributed by atoms with E-state index in [2.05, 4.69) is 40.0 Å². The van der Waals surface area contributed by atoms with Crippen LogP contribution in [-0.2, 0) is 16.1 Å². The number of benzene rings is 1. The Balaban J connectivity index is 0.00000114. The number of allylic oxidation sites excluding steroid dienone is 2. The van der Waals surface area contributed by atoms with E-state index in [1.54, 1.807) is 36.5 Å². The van der Waals surface area contributed by atoms with Gasteiger partial charge < -0.3 is 20.4 Å². The van der Waals surface area contributed by atoms with Gasteiger partial charge in [0.2, 0.25) is 0 Å². The van der Waals surface area contributed by atoms with Gasteiger partial charge in [0.15, 0.2) is 0 Å². The van der Waals surface area contributed by atoms with E-state index in [1.165, 1.54) is 0 Å². The molecule has 1 atom stereocenters. The Kier molecular flexibility index (Phi) is 12.3. The van der Waals surface area contributed by atoms with Crippen molar-refractivity contribution in [3.8, 4) is 6.07 Å². The molecule has 0 radical (unpaired) electrons. The number of hydrogen-bond acceptors (Lipinski definition) is 5. The number of H-pyrrole nitrogens is 1. The molecule has 35 heavy (non-hydrogen) atoms. The molecule has 0 bridgehead atoms. The van der Waals surface area contributed by atoms with Gasteiger partial charge in [0.25, 0.3) is 0 Å². The van der Waals surface area contributed by atoms with E-state index in [4.69, 9.17) is 10.00 Å². The molecule has 1 unspecified atom stereocenters. The first-order valence-corrected chi connectivity index (χ1v) is 11.6. The molecule has 3 N–H and O–H groups in total. The van der Waals surface area contributed by atoms with Crippen molar-refractivity contribution in [3.63, 3.8) is 0 Å². The molecule has 1 aromatic carbocycles. The van der Waals surface area contributed by atoms with Crippen LogP contribution in [0.25, 0.3) is 0 Å². The van der Waals surface area contributed by atoms with Gasteiger partial charge in [-0.15, -0.1) is 6.58 Å². The maximum Gasteiger partial charge on any atom is 0.338 e. The lowest BCUT2D eigenvalue weighted by Crippen LogP contribution is -2.46. The maximum atomic E-state index is 13.1. The van der Waals surface area contributed by atoms with Crippen molar-refractivity contribution in [2.75, 3.05) is 0 Å². The van der Waals surface area contributed by atoms with Crippen molar-refractivity contribution in [1.29, 1.82) is 5.26 Å². The third-order valence-corrected chi connectivity index (χ3v) is 4.92. The average Bonchev–Trinajstić information content (AvgIpc) is 3.24. The van der Waals surface area contributed by atoms with Crippen molar-refractivity contribution in [1.82, 2.24) is 15.6 Å². The smallest absolute Gasteiger partial charge is 0.338 e. The van der Waals surface area contributed by atoms with Gasteiger partial charge in [-0.05, 0) is 50.2 Å². The molecule has 1 aliphatic rings. The number of aromatic nitrogens is 1. The topological polar surface area (TPSA) is 119 Å². The van der Waals surface area contributed by atoms with Gasteiger partial charge in [-0.3, -0.25) is 0 Å². The molecule has 2 heterocycles. The molecule has 0 saturated heterocycles. The number of carbonyl (C=O) groups excluding carboxylic acids is 2. The number of aromatic amines is 1. The fourth-order valence-electron chi connectivity index (χ4n) is 3.46. The van der Waals surface area contributed by atoms with Gasteiger partial charge in [-0.2, -0.15) is 5.26 Å². The Morgan fingerprint density at radius 1 is 1.34 bits per heavy atom. The number of nitrogens with zero attached hydrogens (tertiary/aromatic N) is 2. The summed E-state index contributed by atoms with van der Waals surface area (Å²) >= 11 is 0. The number of rotatable bonds is 7. The number of ether oxygens (including phenoxy) is 1. The average molecular weight is 478 g/mol. The predicted octanol–water partition coefficient (Wildman–Crippen LogP) is 5.90. The zero-order valence-corrected chi connectivity index (χ0v) is 21.2. The number of nitrogens with one attached hydrogen (secondary N) is 3. The molecule has 1 aliphatic heterocycles. The van der Waals surface area contributed by atoms with Crippen molar-refractivity contribution in [2.45, 2.75) is 60.1 Å². The second-order valence-electron chi connectivity index (χ2n) is 7.35. The third kappa shape index (κ3) is 7.71. The van der Waals surface area contributed by atoms with E-state index in [9.17, 15) is 9.59 Å². The summed E-state index contributed by atoms with van der Waals surface area (Å²) in [4.78, 5) is 32.3. The first-order chi connectivity index (χ1) is 16.9. The van der Waals surface area contributed by atoms with Gasteiger partial charge >= 0.3 is 12.0 Å². The SMILES string of the molecule is C=CC.C=Nc1[nH]cc(C2NC(=O)NC(CCC)=C2C(=O)OCc2cccc(C#N)c2)c1C.CC. The number of hydrogen-bond donors (Lipinski definition) is 3. The van der Waals surface area contributed by atoms with Crippen LogP contribution in [-0.4, -0.2) is 23.7 Å². The predicted molar refractivity (Wildman–Crippen MR) is 139 cm³/mol. The van der Waals surface area contributed by atoms with Crippen molar-refractivity contribution < 1.29 is 14.3 Å². The van der Waals surface area contributed by atoms with Gasteiger partial charge in [-0.25, -0.2) is 14.6 Å². The zero-order valence-electron chi connectivity index (χ0n) is 21.2. The summed E-state index contributed by atoms with van der Waals surface area (Å²) in [6.45, 7) is 16.6. The van der Waals surface area contributed by atoms with E-state index < -0.39 is 12.0 Å². The highest BCUT2D eigenvalue weighted by atomic mass is 16.5. The molecule has 8 heteroatoms. The summed E-state index contributed by atoms with van der Waals surface area (Å²) in [6, 6.07) is 7.89. The van der Waals surface area contributed by atoms with Crippen molar-refractivity contribution in [3.05, 3.63) is 76.6 Å². The first kappa shape index (κ1) is 28.9. The number of carbonyl (C=O) groups is 2. The van der Waals surface area contributed by atoms with Gasteiger partial charge in [0, 0.05) is 17.5 Å². The van der Waals surface area contributed by atoms with Crippen molar-refractivity contribution in [2.24, 2.45) is 4.99 Å². The number of aliphatic imine (C=N–C) groups is 1. The molecule has 0 aliphatic carbocycles. The van der Waals surface area contributed by atoms with Crippen LogP contribution in [0.1, 0.15) is 68.8 Å². The van der Waals surface area contributed by atoms with Crippen LogP contribution in [0.4, 0.5) is 10.6 Å². The number of urea groups is 1. The van der Waals surface area contributed by atoms with E-state index >= 15 is 0 Å². The van der Waals surface area contributed by atoms with Gasteiger partial charge in [0.05, 0.1) is 23.2 Å². The van der Waals surface area contributed by atoms with E-state index in [1.807, 2.05) is 34.6 Å². The molecule has 186 valence electrons. The highest BCUT2D eigenvalue weighted by molar-refractivity contribution is 5.95. The Morgan fingerprint density at radius 2 is 2.03 bits per heavy atom. The summed E-state index contributed by atoms with van der Waals surface area (Å²) in [6.07, 6.45) is 4.73. The molecule has 0 saturated carbocycles. The summed E-state index contributed by atoms with van der Waals surface area (Å²) in [5.74, 6) is 0.0443. The molecule has 2 amide bonds. The monoisotopic (exact) mass is 477 g/mol. The van der Waals surface area contributed by atoms with E-state index in [-0.39, 0.29) is 12.6 Å². The highest BCUT2D eigenvalue weighted by Crippen LogP contribution is 2.34. The fourth-order valence-corrected chi connectivity index (χ4v) is 3.46. The zero-order chi connectivity index (χ0) is 26.4. The second kappa shape index (κ2) is 14.9. The second-order valence-corrected chi connectivity index (χ2v) is 7.35. The Bertz CT molecular complexity index is 1110. The normalized spacial score (nSPS) is 14.1. The standard InChI is InChI=1S/C22H23N5O3.C3H6.C2H6/c1-4-6-17-18(21(28)30-12-15-8-5-7-14(9-15)10-23)19(27-22(29)26-17)16-11-25-20(24-3)13(16)2;1-3-2;1-2/h5,7-9,11,19,25H,3-4,6,12H2,1-2H3,(H2,26,27,29);3H,1H2,2H3;1-2H3. The fraction of sp³-hybridized carbons (Fsp3) is 0.333. The Labute approximate surface area is 207 Å². The van der Waals surface area contributed by atoms with Crippen LogP contribution in [0, 0.1) is 18.3 Å². The molecule has 2 aromatic rings. The minimum absolute atomic E-state index is 0.0174. The quantitative estimate of drug-likeness (QED) is 0.261. The van der Waals surface area contributed by atoms with E-state index in [0.29, 0.717) is 34.6 Å². The van der Waals surface area contributed by atoms with Crippen LogP contribution in [0.3, 0.4) is 0 Å². The molecular formula is C27H35N5O3. The summed E-state index contributed by atoms with van der Waals surface area (Å²) in [5, 5.41) is 14.6. The minimum atomic E-state index is -0.676. The third-order valence-electron chi connectivity index (χ3n) is 4.92. The first-order valence-electron chi connectivity index (χ1n) is 11.6. The van der Waals surface area contributed by atoms with E-state index in [0.717, 1.165) is 17.5 Å². The number of amides is 2. The lowest BCUT2D eigenvalue weighted by atomic mass is 9.93. The minimum Gasteiger partial charge on any atom is -0.457 e. The molecule has 0 fully saturated rings. The molecular weight excluding hydrogens is 442 g/mol. The van der Waals surface area contributed by atoms with Crippen LogP contribution >= 0.6 is 0 Å². The Morgan fingerprint density at radius 3 is 2.60 bits per heavy atom. The van der Waals surface area contributed by atoms with Crippen LogP contribution in [0.15, 0.2) is 59.4 Å². The lowest BCUT2D eigenvalue weighted by molar-refractivity contribution is -0.140. The van der Waals surface area contributed by atoms with Gasteiger partial charge in [-0.1, -0.05) is 45.4 Å². The van der Waals surface area contributed by atoms with Gasteiger partial charge in [0.1, 0.15) is 12.4 Å². The largest absolute Gasteiger partial charge is 0.457 e. The Hall–Kier alpha value is -4.12. The lowest BCUT2D eigenvalue weighted by Gasteiger charge is -2.29. The maximum absolute atomic E-state index is 13.1. The summed E-state index contributed by atoms with van der Waals surface area (Å²) in [7, 11) is 0. The van der Waals surface area contributed by atoms with Crippen LogP contribution in [0.5, 0.6) is 0 Å². The summed E-state index contributed by atoms with van der Waals surface area (Å²) in [5.41, 5.74) is 3.60. The highest BCUT2D eigenvalue weighted by Gasteiger charge is 2.35. The summed E-state index contributed by atoms with van der Waals surface area (Å²) < 4.78 is 5.56. The number of esters is 1. The van der Waals surface area contributed by atoms with Crippen molar-refractivity contribution >= 4 is 24.5 Å².